The Balaban J connectivity index is 1.91. The van der Waals surface area contributed by atoms with Gasteiger partial charge in [-0.05, 0) is 51.4 Å². The van der Waals surface area contributed by atoms with Crippen LogP contribution in [-0.4, -0.2) is 30.6 Å². The van der Waals surface area contributed by atoms with Crippen LogP contribution in [0.4, 0.5) is 0 Å². The van der Waals surface area contributed by atoms with Gasteiger partial charge < -0.3 is 5.32 Å². The predicted molar refractivity (Wildman–Crippen MR) is 78.1 cm³/mol. The molecule has 0 amide bonds. The third-order valence-electron chi connectivity index (χ3n) is 3.92. The van der Waals surface area contributed by atoms with Crippen LogP contribution in [0.5, 0.6) is 0 Å². The molecule has 1 N–H and O–H groups in total. The van der Waals surface area contributed by atoms with E-state index in [1.165, 1.54) is 18.4 Å². The number of rotatable bonds is 6. The third kappa shape index (κ3) is 3.71. The predicted octanol–water partition coefficient (Wildman–Crippen LogP) is 3.47. The van der Waals surface area contributed by atoms with Crippen molar-refractivity contribution >= 4 is 11.6 Å². The summed E-state index contributed by atoms with van der Waals surface area (Å²) in [4.78, 5) is 2.40. The van der Waals surface area contributed by atoms with Crippen molar-refractivity contribution in [2.45, 2.75) is 44.8 Å². The Bertz CT molecular complexity index is 390. The normalized spacial score (nSPS) is 18.9. The fourth-order valence-electron chi connectivity index (χ4n) is 2.15. The van der Waals surface area contributed by atoms with Crippen LogP contribution in [0.25, 0.3) is 0 Å². The lowest BCUT2D eigenvalue weighted by Gasteiger charge is -2.31. The van der Waals surface area contributed by atoms with Gasteiger partial charge in [0.25, 0.3) is 0 Å². The molecule has 1 saturated carbocycles. The highest BCUT2D eigenvalue weighted by atomic mass is 35.5. The van der Waals surface area contributed by atoms with Crippen molar-refractivity contribution in [1.29, 1.82) is 0 Å². The largest absolute Gasteiger partial charge is 0.312 e. The molecule has 0 spiro atoms. The number of hydrogen-bond donors (Lipinski definition) is 1. The molecule has 2 unspecified atom stereocenters. The summed E-state index contributed by atoms with van der Waals surface area (Å²) in [6, 6.07) is 9.85. The lowest BCUT2D eigenvalue weighted by molar-refractivity contribution is 0.193. The number of likely N-dealkylation sites (N-methyl/N-ethyl adjacent to an activating group) is 1. The summed E-state index contributed by atoms with van der Waals surface area (Å²) in [5.41, 5.74) is 1.28. The first-order chi connectivity index (χ1) is 8.58. The van der Waals surface area contributed by atoms with Gasteiger partial charge in [0.2, 0.25) is 0 Å². The molecule has 100 valence electrons. The fraction of sp³-hybridized carbons (Fsp3) is 0.600. The quantitative estimate of drug-likeness (QED) is 0.848. The molecule has 0 radical (unpaired) electrons. The Labute approximate surface area is 115 Å². The molecule has 2 rings (SSSR count). The zero-order valence-electron chi connectivity index (χ0n) is 11.5. The molecule has 0 saturated heterocycles. The van der Waals surface area contributed by atoms with E-state index in [1.807, 2.05) is 12.1 Å². The molecular weight excluding hydrogens is 244 g/mol. The van der Waals surface area contributed by atoms with E-state index in [-0.39, 0.29) is 0 Å². The Kier molecular flexibility index (Phi) is 4.66. The fourth-order valence-corrected chi connectivity index (χ4v) is 2.35. The molecule has 0 aromatic heterocycles. The highest BCUT2D eigenvalue weighted by Crippen LogP contribution is 2.24. The van der Waals surface area contributed by atoms with E-state index in [0.717, 1.165) is 17.6 Å². The molecule has 1 aliphatic carbocycles. The summed E-state index contributed by atoms with van der Waals surface area (Å²) in [5.74, 6) is 0. The standard InChI is InChI=1S/C15H23ClN2/c1-11(10-17-15-7-8-15)18(3)12(2)13-5-4-6-14(16)9-13/h4-6,9,11-12,15,17H,7-8,10H2,1-3H3. The van der Waals surface area contributed by atoms with E-state index in [1.54, 1.807) is 0 Å². The zero-order chi connectivity index (χ0) is 13.1. The molecule has 0 bridgehead atoms. The van der Waals surface area contributed by atoms with Gasteiger partial charge in [-0.3, -0.25) is 4.90 Å². The second-order valence-electron chi connectivity index (χ2n) is 5.43. The first kappa shape index (κ1) is 13.9. The highest BCUT2D eigenvalue weighted by Gasteiger charge is 2.23. The molecule has 3 heteroatoms. The number of hydrogen-bond acceptors (Lipinski definition) is 2. The van der Waals surface area contributed by atoms with E-state index < -0.39 is 0 Å². The molecule has 2 atom stereocenters. The minimum absolute atomic E-state index is 0.389. The van der Waals surface area contributed by atoms with Crippen LogP contribution in [0.15, 0.2) is 24.3 Å². The van der Waals surface area contributed by atoms with Crippen molar-refractivity contribution in [1.82, 2.24) is 10.2 Å². The van der Waals surface area contributed by atoms with Crippen molar-refractivity contribution in [2.75, 3.05) is 13.6 Å². The van der Waals surface area contributed by atoms with Crippen molar-refractivity contribution < 1.29 is 0 Å². The summed E-state index contributed by atoms with van der Waals surface area (Å²) in [5, 5.41) is 4.40. The van der Waals surface area contributed by atoms with Gasteiger partial charge in [0, 0.05) is 29.7 Å². The molecule has 0 aliphatic heterocycles. The van der Waals surface area contributed by atoms with Crippen LogP contribution in [0.1, 0.15) is 38.3 Å². The summed E-state index contributed by atoms with van der Waals surface area (Å²) < 4.78 is 0. The van der Waals surface area contributed by atoms with Crippen molar-refractivity contribution in [2.24, 2.45) is 0 Å². The third-order valence-corrected chi connectivity index (χ3v) is 4.15. The van der Waals surface area contributed by atoms with Gasteiger partial charge in [0.15, 0.2) is 0 Å². The zero-order valence-corrected chi connectivity index (χ0v) is 12.2. The maximum absolute atomic E-state index is 6.05. The van der Waals surface area contributed by atoms with Crippen LogP contribution >= 0.6 is 11.6 Å². The lowest BCUT2D eigenvalue weighted by Crippen LogP contribution is -2.39. The van der Waals surface area contributed by atoms with Gasteiger partial charge in [0.05, 0.1) is 0 Å². The maximum atomic E-state index is 6.05. The Hall–Kier alpha value is -0.570. The first-order valence-electron chi connectivity index (χ1n) is 6.78. The lowest BCUT2D eigenvalue weighted by atomic mass is 10.1. The minimum atomic E-state index is 0.389. The van der Waals surface area contributed by atoms with E-state index >= 15 is 0 Å². The van der Waals surface area contributed by atoms with Crippen molar-refractivity contribution in [3.8, 4) is 0 Å². The van der Waals surface area contributed by atoms with E-state index in [9.17, 15) is 0 Å². The summed E-state index contributed by atoms with van der Waals surface area (Å²) in [7, 11) is 2.19. The smallest absolute Gasteiger partial charge is 0.0409 e. The molecule has 1 aromatic rings. The molecule has 2 nitrogen and oxygen atoms in total. The van der Waals surface area contributed by atoms with Crippen molar-refractivity contribution in [3.05, 3.63) is 34.9 Å². The van der Waals surface area contributed by atoms with Crippen LogP contribution in [-0.2, 0) is 0 Å². The van der Waals surface area contributed by atoms with E-state index in [4.69, 9.17) is 11.6 Å². The molecule has 18 heavy (non-hydrogen) atoms. The second kappa shape index (κ2) is 6.05. The van der Waals surface area contributed by atoms with Crippen LogP contribution in [0.3, 0.4) is 0 Å². The molecule has 0 heterocycles. The van der Waals surface area contributed by atoms with Gasteiger partial charge >= 0.3 is 0 Å². The van der Waals surface area contributed by atoms with Gasteiger partial charge in [0.1, 0.15) is 0 Å². The molecule has 1 aromatic carbocycles. The number of benzene rings is 1. The highest BCUT2D eigenvalue weighted by molar-refractivity contribution is 6.30. The summed E-state index contributed by atoms with van der Waals surface area (Å²) in [6.07, 6.45) is 2.70. The average molecular weight is 267 g/mol. The van der Waals surface area contributed by atoms with Gasteiger partial charge in [-0.15, -0.1) is 0 Å². The summed E-state index contributed by atoms with van der Waals surface area (Å²) >= 11 is 6.05. The van der Waals surface area contributed by atoms with Crippen LogP contribution < -0.4 is 5.32 Å². The van der Waals surface area contributed by atoms with Gasteiger partial charge in [-0.2, -0.15) is 0 Å². The topological polar surface area (TPSA) is 15.3 Å². The SMILES string of the molecule is CC(CNC1CC1)N(C)C(C)c1cccc(Cl)c1. The number of nitrogens with zero attached hydrogens (tertiary/aromatic N) is 1. The molecule has 1 fully saturated rings. The number of nitrogens with one attached hydrogen (secondary N) is 1. The van der Waals surface area contributed by atoms with Crippen LogP contribution in [0, 0.1) is 0 Å². The van der Waals surface area contributed by atoms with Gasteiger partial charge in [-0.1, -0.05) is 23.7 Å². The summed E-state index contributed by atoms with van der Waals surface area (Å²) in [6.45, 7) is 5.57. The van der Waals surface area contributed by atoms with Crippen molar-refractivity contribution in [3.63, 3.8) is 0 Å². The molecular formula is C15H23ClN2. The first-order valence-corrected chi connectivity index (χ1v) is 7.16. The Morgan fingerprint density at radius 2 is 2.11 bits per heavy atom. The van der Waals surface area contributed by atoms with Crippen LogP contribution in [0.2, 0.25) is 5.02 Å². The minimum Gasteiger partial charge on any atom is -0.312 e. The van der Waals surface area contributed by atoms with E-state index in [2.05, 4.69) is 43.2 Å². The Morgan fingerprint density at radius 3 is 2.72 bits per heavy atom. The second-order valence-corrected chi connectivity index (χ2v) is 5.86. The Morgan fingerprint density at radius 1 is 1.39 bits per heavy atom. The molecule has 1 aliphatic rings. The maximum Gasteiger partial charge on any atom is 0.0409 e. The van der Waals surface area contributed by atoms with Gasteiger partial charge in [-0.25, -0.2) is 0 Å². The monoisotopic (exact) mass is 266 g/mol. The number of halogens is 1. The average Bonchev–Trinajstić information content (AvgIpc) is 3.18. The van der Waals surface area contributed by atoms with E-state index in [0.29, 0.717) is 12.1 Å².